The maximum atomic E-state index is 12.8. The fourth-order valence-electron chi connectivity index (χ4n) is 4.11. The Morgan fingerprint density at radius 3 is 2.77 bits per heavy atom. The van der Waals surface area contributed by atoms with Gasteiger partial charge in [-0.15, -0.1) is 21.5 Å². The van der Waals surface area contributed by atoms with Gasteiger partial charge in [-0.25, -0.2) is 4.98 Å². The van der Waals surface area contributed by atoms with Crippen molar-refractivity contribution in [2.45, 2.75) is 19.3 Å². The molecule has 1 aliphatic heterocycles. The number of aromatic nitrogens is 3. The smallest absolute Gasteiger partial charge is 0.273 e. The predicted molar refractivity (Wildman–Crippen MR) is 145 cm³/mol. The van der Waals surface area contributed by atoms with Gasteiger partial charge < -0.3 is 30.3 Å². The average molecular weight is 555 g/mol. The van der Waals surface area contributed by atoms with Crippen LogP contribution in [0.2, 0.25) is 0 Å². The van der Waals surface area contributed by atoms with E-state index in [1.165, 1.54) is 24.5 Å². The van der Waals surface area contributed by atoms with Crippen LogP contribution in [-0.4, -0.2) is 78.2 Å². The van der Waals surface area contributed by atoms with Crippen LogP contribution in [0.1, 0.15) is 32.3 Å². The average Bonchev–Trinajstić information content (AvgIpc) is 3.71. The van der Waals surface area contributed by atoms with Crippen LogP contribution < -0.4 is 20.7 Å². The highest BCUT2D eigenvalue weighted by Crippen LogP contribution is 2.40. The molecule has 3 amide bonds. The Morgan fingerprint density at radius 2 is 2.03 bits per heavy atom. The monoisotopic (exact) mass is 554 g/mol. The molecule has 0 radical (unpaired) electrons. The van der Waals surface area contributed by atoms with Crippen LogP contribution in [0.25, 0.3) is 10.6 Å². The number of ether oxygens (including phenoxy) is 2. The summed E-state index contributed by atoms with van der Waals surface area (Å²) in [6.45, 7) is -0.573. The number of para-hydroxylation sites is 1. The Kier molecular flexibility index (Phi) is 6.88. The van der Waals surface area contributed by atoms with E-state index in [4.69, 9.17) is 13.6 Å². The van der Waals surface area contributed by atoms with Gasteiger partial charge in [0, 0.05) is 47.2 Å². The van der Waals surface area contributed by atoms with E-state index < -0.39 is 12.9 Å². The molecule has 0 spiro atoms. The maximum Gasteiger partial charge on any atom is 0.273 e. The number of benzene rings is 1. The highest BCUT2D eigenvalue weighted by molar-refractivity contribution is 7.15. The molecular formula is C26H29N7O5S. The zero-order valence-corrected chi connectivity index (χ0v) is 22.0. The molecule has 3 N–H and O–H groups in total. The first-order valence-corrected chi connectivity index (χ1v) is 13.2. The molecule has 1 saturated heterocycles. The molecule has 1 aliphatic carbocycles. The van der Waals surface area contributed by atoms with Crippen molar-refractivity contribution in [2.24, 2.45) is 5.92 Å². The summed E-state index contributed by atoms with van der Waals surface area (Å²) in [5.41, 5.74) is 0.868. The topological polar surface area (TPSA) is 148 Å². The minimum atomic E-state index is -2.75. The van der Waals surface area contributed by atoms with E-state index in [0.717, 1.165) is 17.7 Å². The molecule has 1 saturated carbocycles. The van der Waals surface area contributed by atoms with Gasteiger partial charge in [-0.05, 0) is 25.0 Å². The second kappa shape index (κ2) is 11.7. The van der Waals surface area contributed by atoms with Crippen LogP contribution in [0, 0.1) is 5.92 Å². The summed E-state index contributed by atoms with van der Waals surface area (Å²) in [7, 11) is 1.48. The molecule has 12 nitrogen and oxygen atoms in total. The van der Waals surface area contributed by atoms with Gasteiger partial charge in [0.25, 0.3) is 5.91 Å². The van der Waals surface area contributed by atoms with Crippen molar-refractivity contribution in [3.63, 3.8) is 0 Å². The van der Waals surface area contributed by atoms with Gasteiger partial charge in [0.05, 0.1) is 43.7 Å². The van der Waals surface area contributed by atoms with Gasteiger partial charge in [0.15, 0.2) is 17.3 Å². The fraction of sp³-hybridized carbons (Fsp3) is 0.385. The van der Waals surface area contributed by atoms with Crippen molar-refractivity contribution in [2.75, 3.05) is 51.0 Å². The Hall–Kier alpha value is -4.10. The predicted octanol–water partition coefficient (Wildman–Crippen LogP) is 2.46. The first-order valence-electron chi connectivity index (χ1n) is 13.9. The van der Waals surface area contributed by atoms with Crippen LogP contribution in [-0.2, 0) is 20.7 Å². The molecule has 5 rings (SSSR count). The molecule has 13 heteroatoms. The second-order valence-electron chi connectivity index (χ2n) is 9.02. The minimum Gasteiger partial charge on any atom is -0.494 e. The standard InChI is InChI=1S/C26H29N7O5S/c1-27-25(36)22-19(13-20(31-32-22)30-24(35)15-6-7-15)29-18-5-3-4-17(23(18)37-2)26-28-14-16(39-26)12-21(34)33-8-10-38-11-9-33/h3-5,13-15H,6-12H2,1-2H3,(H,27,36)(H2,29,30,31,35)/i1D3. The fourth-order valence-corrected chi connectivity index (χ4v) is 5.03. The third-order valence-electron chi connectivity index (χ3n) is 6.28. The van der Waals surface area contributed by atoms with E-state index in [-0.39, 0.29) is 41.4 Å². The lowest BCUT2D eigenvalue weighted by molar-refractivity contribution is -0.134. The second-order valence-corrected chi connectivity index (χ2v) is 10.1. The first-order chi connectivity index (χ1) is 20.1. The highest BCUT2D eigenvalue weighted by Gasteiger charge is 2.30. The van der Waals surface area contributed by atoms with Crippen molar-refractivity contribution in [3.8, 4) is 16.3 Å². The number of nitrogens with one attached hydrogen (secondary N) is 3. The normalized spacial score (nSPS) is 16.4. The molecule has 3 aromatic rings. The number of amides is 3. The molecule has 2 aliphatic rings. The van der Waals surface area contributed by atoms with Crippen LogP contribution in [0.5, 0.6) is 5.75 Å². The SMILES string of the molecule is [2H]C([2H])([2H])NC(=O)c1nnc(NC(=O)C2CC2)cc1Nc1cccc(-c2ncc(CC(=O)N3CCOCC3)s2)c1OC. The van der Waals surface area contributed by atoms with Gasteiger partial charge in [0.2, 0.25) is 11.8 Å². The van der Waals surface area contributed by atoms with Crippen molar-refractivity contribution < 1.29 is 28.0 Å². The lowest BCUT2D eigenvalue weighted by Crippen LogP contribution is -2.41. The van der Waals surface area contributed by atoms with Gasteiger partial charge >= 0.3 is 0 Å². The first kappa shape index (κ1) is 22.8. The molecule has 1 aromatic carbocycles. The largest absolute Gasteiger partial charge is 0.494 e. The van der Waals surface area contributed by atoms with Crippen LogP contribution in [0.4, 0.5) is 17.2 Å². The third kappa shape index (κ3) is 6.15. The number of methoxy groups -OCH3 is 1. The molecule has 3 heterocycles. The summed E-state index contributed by atoms with van der Waals surface area (Å²) in [4.78, 5) is 44.9. The van der Waals surface area contributed by atoms with E-state index in [0.29, 0.717) is 48.3 Å². The quantitative estimate of drug-likeness (QED) is 0.363. The van der Waals surface area contributed by atoms with Gasteiger partial charge in [0.1, 0.15) is 5.01 Å². The lowest BCUT2D eigenvalue weighted by Gasteiger charge is -2.26. The Morgan fingerprint density at radius 1 is 1.21 bits per heavy atom. The van der Waals surface area contributed by atoms with E-state index >= 15 is 0 Å². The van der Waals surface area contributed by atoms with E-state index in [2.05, 4.69) is 25.8 Å². The number of hydrogen-bond acceptors (Lipinski definition) is 10. The molecule has 0 bridgehead atoms. The molecule has 2 aromatic heterocycles. The Labute approximate surface area is 233 Å². The number of nitrogens with zero attached hydrogens (tertiary/aromatic N) is 4. The summed E-state index contributed by atoms with van der Waals surface area (Å²) < 4.78 is 33.3. The summed E-state index contributed by atoms with van der Waals surface area (Å²) >= 11 is 1.36. The number of hydrogen-bond donors (Lipinski definition) is 3. The van der Waals surface area contributed by atoms with E-state index in [1.54, 1.807) is 23.2 Å². The van der Waals surface area contributed by atoms with Crippen molar-refractivity contribution >= 4 is 46.3 Å². The van der Waals surface area contributed by atoms with Crippen molar-refractivity contribution in [3.05, 3.63) is 41.0 Å². The lowest BCUT2D eigenvalue weighted by atomic mass is 10.1. The van der Waals surface area contributed by atoms with E-state index in [9.17, 15) is 14.4 Å². The molecular weight excluding hydrogens is 522 g/mol. The maximum absolute atomic E-state index is 12.8. The Balaban J connectivity index is 1.42. The molecule has 0 atom stereocenters. The van der Waals surface area contributed by atoms with Crippen LogP contribution >= 0.6 is 11.3 Å². The zero-order valence-electron chi connectivity index (χ0n) is 24.2. The number of thiazole rings is 1. The molecule has 2 fully saturated rings. The highest BCUT2D eigenvalue weighted by atomic mass is 32.1. The molecule has 0 unspecified atom stereocenters. The van der Waals surface area contributed by atoms with E-state index in [1.807, 2.05) is 11.4 Å². The van der Waals surface area contributed by atoms with Crippen LogP contribution in [0.15, 0.2) is 30.5 Å². The summed E-state index contributed by atoms with van der Waals surface area (Å²) in [5.74, 6) is -0.778. The summed E-state index contributed by atoms with van der Waals surface area (Å²) in [6, 6.07) is 6.68. The summed E-state index contributed by atoms with van der Waals surface area (Å²) in [6.07, 6.45) is 3.45. The summed E-state index contributed by atoms with van der Waals surface area (Å²) in [5, 5.41) is 16.1. The third-order valence-corrected chi connectivity index (χ3v) is 7.31. The van der Waals surface area contributed by atoms with Crippen molar-refractivity contribution in [1.82, 2.24) is 25.4 Å². The molecule has 39 heavy (non-hydrogen) atoms. The van der Waals surface area contributed by atoms with Crippen molar-refractivity contribution in [1.29, 1.82) is 0 Å². The zero-order chi connectivity index (χ0) is 29.9. The molecule has 204 valence electrons. The number of anilines is 3. The Bertz CT molecular complexity index is 1490. The number of carbonyl (C=O) groups is 3. The van der Waals surface area contributed by atoms with Gasteiger partial charge in [-0.3, -0.25) is 14.4 Å². The van der Waals surface area contributed by atoms with Crippen LogP contribution in [0.3, 0.4) is 0 Å². The number of rotatable bonds is 9. The van der Waals surface area contributed by atoms with Gasteiger partial charge in [-0.2, -0.15) is 0 Å². The van der Waals surface area contributed by atoms with Gasteiger partial charge in [-0.1, -0.05) is 6.07 Å². The minimum absolute atomic E-state index is 0.00788. The number of morpholine rings is 1. The number of carbonyl (C=O) groups excluding carboxylic acids is 3.